The van der Waals surface area contributed by atoms with E-state index in [1.165, 1.54) is 116 Å². The number of hydrogen-bond acceptors (Lipinski definition) is 3. The van der Waals surface area contributed by atoms with Crippen molar-refractivity contribution in [3.63, 3.8) is 0 Å². The van der Waals surface area contributed by atoms with Crippen LogP contribution in [-0.2, 0) is 14.2 Å². The molecule has 0 aromatic carbocycles. The molecule has 0 bridgehead atoms. The van der Waals surface area contributed by atoms with Crippen LogP contribution >= 0.6 is 0 Å². The lowest BCUT2D eigenvalue weighted by molar-refractivity contribution is -0.355. The molecule has 0 fully saturated rings. The van der Waals surface area contributed by atoms with E-state index in [2.05, 4.69) is 6.92 Å². The third-order valence-electron chi connectivity index (χ3n) is 6.02. The standard InChI is InChI=1S/C25H52O3/c1-5-6-7-8-9-10-11-12-13-14-15-16-17-18-19-20-21-22-23-24-25(26-2,27-3)28-4/h5-24H2,1-4H3. The van der Waals surface area contributed by atoms with E-state index in [4.69, 9.17) is 14.2 Å². The van der Waals surface area contributed by atoms with E-state index in [1.807, 2.05) is 0 Å². The van der Waals surface area contributed by atoms with Gasteiger partial charge in [-0.25, -0.2) is 0 Å². The van der Waals surface area contributed by atoms with Gasteiger partial charge in [0.05, 0.1) is 0 Å². The molecule has 0 rings (SSSR count). The summed E-state index contributed by atoms with van der Waals surface area (Å²) in [4.78, 5) is 0. The van der Waals surface area contributed by atoms with Crippen LogP contribution < -0.4 is 0 Å². The van der Waals surface area contributed by atoms with Crippen molar-refractivity contribution in [2.75, 3.05) is 21.3 Å². The number of methoxy groups -OCH3 is 3. The Bertz CT molecular complexity index is 281. The first-order valence-electron chi connectivity index (χ1n) is 12.4. The quantitative estimate of drug-likeness (QED) is 0.127. The third kappa shape index (κ3) is 16.8. The highest BCUT2D eigenvalue weighted by Crippen LogP contribution is 2.21. The zero-order chi connectivity index (χ0) is 20.8. The molecule has 3 heteroatoms. The highest BCUT2D eigenvalue weighted by Gasteiger charge is 2.28. The van der Waals surface area contributed by atoms with Gasteiger partial charge in [-0.1, -0.05) is 122 Å². The van der Waals surface area contributed by atoms with Gasteiger partial charge in [-0.3, -0.25) is 0 Å². The molecule has 170 valence electrons. The lowest BCUT2D eigenvalue weighted by Crippen LogP contribution is -2.35. The second-order valence-electron chi connectivity index (χ2n) is 8.41. The lowest BCUT2D eigenvalue weighted by Gasteiger charge is -2.28. The van der Waals surface area contributed by atoms with Crippen molar-refractivity contribution < 1.29 is 14.2 Å². The Morgan fingerprint density at radius 3 is 0.893 bits per heavy atom. The van der Waals surface area contributed by atoms with Crippen LogP contribution in [0.25, 0.3) is 0 Å². The minimum absolute atomic E-state index is 0.801. The minimum atomic E-state index is -0.839. The summed E-state index contributed by atoms with van der Waals surface area (Å²) in [6, 6.07) is 0. The first-order valence-corrected chi connectivity index (χ1v) is 12.4. The topological polar surface area (TPSA) is 27.7 Å². The number of unbranched alkanes of at least 4 members (excludes halogenated alkanes) is 18. The van der Waals surface area contributed by atoms with Gasteiger partial charge in [-0.2, -0.15) is 0 Å². The third-order valence-corrected chi connectivity index (χ3v) is 6.02. The molecule has 0 atom stereocenters. The van der Waals surface area contributed by atoms with Crippen molar-refractivity contribution in [2.24, 2.45) is 0 Å². The van der Waals surface area contributed by atoms with E-state index in [0.717, 1.165) is 12.8 Å². The zero-order valence-electron chi connectivity index (χ0n) is 19.9. The molecule has 0 heterocycles. The molecular weight excluding hydrogens is 348 g/mol. The van der Waals surface area contributed by atoms with E-state index in [1.54, 1.807) is 21.3 Å². The van der Waals surface area contributed by atoms with Crippen LogP contribution in [-0.4, -0.2) is 27.3 Å². The first-order chi connectivity index (χ1) is 13.7. The van der Waals surface area contributed by atoms with Crippen LogP contribution in [0, 0.1) is 0 Å². The molecule has 0 aromatic heterocycles. The van der Waals surface area contributed by atoms with Gasteiger partial charge in [0.15, 0.2) is 0 Å². The Labute approximate surface area is 177 Å². The summed E-state index contributed by atoms with van der Waals surface area (Å²) in [6.07, 6.45) is 27.4. The summed E-state index contributed by atoms with van der Waals surface area (Å²) >= 11 is 0. The van der Waals surface area contributed by atoms with E-state index < -0.39 is 5.97 Å². The second kappa shape index (κ2) is 21.6. The van der Waals surface area contributed by atoms with E-state index >= 15 is 0 Å². The fourth-order valence-electron chi connectivity index (χ4n) is 3.98. The molecule has 0 aromatic rings. The SMILES string of the molecule is CCCCCCCCCCCCCCCCCCCCCC(OC)(OC)OC. The van der Waals surface area contributed by atoms with Gasteiger partial charge in [0.1, 0.15) is 0 Å². The van der Waals surface area contributed by atoms with Crippen LogP contribution in [0.3, 0.4) is 0 Å². The molecule has 0 saturated heterocycles. The molecule has 0 spiro atoms. The molecule has 0 unspecified atom stereocenters. The van der Waals surface area contributed by atoms with Gasteiger partial charge in [-0.15, -0.1) is 0 Å². The fourth-order valence-corrected chi connectivity index (χ4v) is 3.98. The molecule has 28 heavy (non-hydrogen) atoms. The lowest BCUT2D eigenvalue weighted by atomic mass is 10.0. The Hall–Kier alpha value is -0.120. The minimum Gasteiger partial charge on any atom is -0.331 e. The molecule has 0 aliphatic rings. The molecule has 0 N–H and O–H groups in total. The van der Waals surface area contributed by atoms with Crippen LogP contribution in [0.1, 0.15) is 135 Å². The Morgan fingerprint density at radius 2 is 0.643 bits per heavy atom. The normalized spacial score (nSPS) is 12.0. The average molecular weight is 401 g/mol. The predicted molar refractivity (Wildman–Crippen MR) is 122 cm³/mol. The van der Waals surface area contributed by atoms with E-state index in [0.29, 0.717) is 0 Å². The molecule has 0 amide bonds. The van der Waals surface area contributed by atoms with Gasteiger partial charge >= 0.3 is 0 Å². The van der Waals surface area contributed by atoms with Crippen molar-refractivity contribution in [3.05, 3.63) is 0 Å². The van der Waals surface area contributed by atoms with Gasteiger partial charge in [0.25, 0.3) is 5.97 Å². The molecule has 3 nitrogen and oxygen atoms in total. The molecule has 0 aliphatic heterocycles. The summed E-state index contributed by atoms with van der Waals surface area (Å²) < 4.78 is 16.0. The summed E-state index contributed by atoms with van der Waals surface area (Å²) in [5.41, 5.74) is 0. The molecule has 0 radical (unpaired) electrons. The zero-order valence-corrected chi connectivity index (χ0v) is 19.9. The van der Waals surface area contributed by atoms with Crippen LogP contribution in [0.5, 0.6) is 0 Å². The van der Waals surface area contributed by atoms with Crippen molar-refractivity contribution in [2.45, 2.75) is 141 Å². The summed E-state index contributed by atoms with van der Waals surface area (Å²) in [7, 11) is 4.92. The van der Waals surface area contributed by atoms with Gasteiger partial charge in [0, 0.05) is 27.8 Å². The summed E-state index contributed by atoms with van der Waals surface area (Å²) in [5, 5.41) is 0. The smallest absolute Gasteiger partial charge is 0.282 e. The largest absolute Gasteiger partial charge is 0.331 e. The first kappa shape index (κ1) is 27.9. The average Bonchev–Trinajstić information content (AvgIpc) is 2.73. The van der Waals surface area contributed by atoms with Gasteiger partial charge in [-0.05, 0) is 6.42 Å². The fraction of sp³-hybridized carbons (Fsp3) is 1.00. The van der Waals surface area contributed by atoms with Crippen LogP contribution in [0.15, 0.2) is 0 Å². The highest BCUT2D eigenvalue weighted by molar-refractivity contribution is 4.57. The number of hydrogen-bond donors (Lipinski definition) is 0. The maximum Gasteiger partial charge on any atom is 0.282 e. The Morgan fingerprint density at radius 1 is 0.393 bits per heavy atom. The van der Waals surface area contributed by atoms with Crippen molar-refractivity contribution in [1.82, 2.24) is 0 Å². The summed E-state index contributed by atoms with van der Waals surface area (Å²) in [6.45, 7) is 2.29. The van der Waals surface area contributed by atoms with Crippen molar-refractivity contribution >= 4 is 0 Å². The predicted octanol–water partition coefficient (Wildman–Crippen LogP) is 8.40. The van der Waals surface area contributed by atoms with Crippen molar-refractivity contribution in [1.29, 1.82) is 0 Å². The maximum atomic E-state index is 5.33. The van der Waals surface area contributed by atoms with Crippen LogP contribution in [0.4, 0.5) is 0 Å². The highest BCUT2D eigenvalue weighted by atomic mass is 16.9. The molecule has 0 aliphatic carbocycles. The number of rotatable bonds is 23. The summed E-state index contributed by atoms with van der Waals surface area (Å²) in [5.74, 6) is -0.839. The monoisotopic (exact) mass is 400 g/mol. The Balaban J connectivity index is 3.18. The van der Waals surface area contributed by atoms with E-state index in [-0.39, 0.29) is 0 Å². The molecular formula is C25H52O3. The molecule has 0 saturated carbocycles. The van der Waals surface area contributed by atoms with Gasteiger partial charge in [0.2, 0.25) is 0 Å². The maximum absolute atomic E-state index is 5.33. The van der Waals surface area contributed by atoms with Crippen LogP contribution in [0.2, 0.25) is 0 Å². The number of ether oxygens (including phenoxy) is 3. The van der Waals surface area contributed by atoms with Crippen molar-refractivity contribution in [3.8, 4) is 0 Å². The second-order valence-corrected chi connectivity index (χ2v) is 8.41. The van der Waals surface area contributed by atoms with Gasteiger partial charge < -0.3 is 14.2 Å². The van der Waals surface area contributed by atoms with E-state index in [9.17, 15) is 0 Å². The Kier molecular flexibility index (Phi) is 21.5.